The second-order valence-corrected chi connectivity index (χ2v) is 7.01. The molecule has 0 aromatic rings. The van der Waals surface area contributed by atoms with E-state index in [1.807, 2.05) is 4.90 Å². The quantitative estimate of drug-likeness (QED) is 0.758. The summed E-state index contributed by atoms with van der Waals surface area (Å²) in [6.45, 7) is 3.42. The maximum atomic E-state index is 12.9. The molecule has 122 valence electrons. The second kappa shape index (κ2) is 5.81. The fraction of sp³-hybridized carbons (Fsp3) is 0.875. The molecule has 4 rings (SSSR count). The summed E-state index contributed by atoms with van der Waals surface area (Å²) in [5.74, 6) is 0.298. The highest BCUT2D eigenvalue weighted by molar-refractivity contribution is 5.90. The molecule has 1 unspecified atom stereocenters. The van der Waals surface area contributed by atoms with Gasteiger partial charge in [-0.15, -0.1) is 0 Å². The molecule has 3 aliphatic heterocycles. The number of rotatable bonds is 3. The predicted molar refractivity (Wildman–Crippen MR) is 80.0 cm³/mol. The van der Waals surface area contributed by atoms with Gasteiger partial charge in [-0.25, -0.2) is 0 Å². The lowest BCUT2D eigenvalue weighted by Crippen LogP contribution is -2.50. The summed E-state index contributed by atoms with van der Waals surface area (Å²) in [4.78, 5) is 31.0. The molecule has 0 bridgehead atoms. The summed E-state index contributed by atoms with van der Waals surface area (Å²) in [7, 11) is 0. The Labute approximate surface area is 131 Å². The monoisotopic (exact) mass is 307 g/mol. The van der Waals surface area contributed by atoms with E-state index in [9.17, 15) is 9.59 Å². The molecule has 0 aromatic carbocycles. The summed E-state index contributed by atoms with van der Waals surface area (Å²) in [6.07, 6.45) is 6.27. The van der Waals surface area contributed by atoms with Crippen molar-refractivity contribution >= 4 is 11.8 Å². The van der Waals surface area contributed by atoms with Crippen LogP contribution in [0.3, 0.4) is 0 Å². The van der Waals surface area contributed by atoms with Crippen LogP contribution in [-0.2, 0) is 14.3 Å². The lowest BCUT2D eigenvalue weighted by atomic mass is 10.1. The average molecular weight is 307 g/mol. The van der Waals surface area contributed by atoms with Gasteiger partial charge in [-0.05, 0) is 45.1 Å². The highest BCUT2D eigenvalue weighted by atomic mass is 16.5. The van der Waals surface area contributed by atoms with Gasteiger partial charge in [0, 0.05) is 25.3 Å². The minimum Gasteiger partial charge on any atom is -0.381 e. The van der Waals surface area contributed by atoms with Gasteiger partial charge in [0.05, 0.1) is 12.7 Å². The van der Waals surface area contributed by atoms with Crippen LogP contribution >= 0.6 is 0 Å². The molecule has 1 saturated carbocycles. The molecular formula is C16H25N3O3. The zero-order chi connectivity index (χ0) is 15.1. The Hall–Kier alpha value is -1.14. The summed E-state index contributed by atoms with van der Waals surface area (Å²) in [5, 5.41) is 0. The molecule has 0 aromatic heterocycles. The van der Waals surface area contributed by atoms with Crippen LogP contribution < -0.4 is 0 Å². The Kier molecular flexibility index (Phi) is 3.82. The Balaban J connectivity index is 1.41. The molecule has 6 nitrogen and oxygen atoms in total. The van der Waals surface area contributed by atoms with Crippen LogP contribution in [0.5, 0.6) is 0 Å². The van der Waals surface area contributed by atoms with Gasteiger partial charge in [0.15, 0.2) is 0 Å². The minimum absolute atomic E-state index is 0.0185. The van der Waals surface area contributed by atoms with Crippen LogP contribution in [0.25, 0.3) is 0 Å². The third kappa shape index (κ3) is 2.63. The van der Waals surface area contributed by atoms with Gasteiger partial charge in [-0.1, -0.05) is 0 Å². The smallest absolute Gasteiger partial charge is 0.243 e. The van der Waals surface area contributed by atoms with Crippen molar-refractivity contribution in [3.63, 3.8) is 0 Å². The van der Waals surface area contributed by atoms with Gasteiger partial charge in [0.25, 0.3) is 0 Å². The van der Waals surface area contributed by atoms with Crippen molar-refractivity contribution in [1.82, 2.24) is 14.7 Å². The van der Waals surface area contributed by atoms with E-state index in [1.54, 1.807) is 4.90 Å². The molecule has 3 heterocycles. The molecule has 0 N–H and O–H groups in total. The zero-order valence-electron chi connectivity index (χ0n) is 13.1. The van der Waals surface area contributed by atoms with Crippen LogP contribution in [-0.4, -0.2) is 77.6 Å². The fourth-order valence-electron chi connectivity index (χ4n) is 4.14. The molecule has 1 aliphatic carbocycles. The minimum atomic E-state index is -0.0185. The summed E-state index contributed by atoms with van der Waals surface area (Å²) in [5.41, 5.74) is 0. The maximum absolute atomic E-state index is 12.9. The number of amides is 2. The van der Waals surface area contributed by atoms with Gasteiger partial charge in [-0.3, -0.25) is 14.5 Å². The Morgan fingerprint density at radius 2 is 1.82 bits per heavy atom. The third-order valence-electron chi connectivity index (χ3n) is 5.51. The summed E-state index contributed by atoms with van der Waals surface area (Å²) >= 11 is 0. The maximum Gasteiger partial charge on any atom is 0.243 e. The van der Waals surface area contributed by atoms with E-state index in [0.29, 0.717) is 18.8 Å². The first kappa shape index (κ1) is 14.5. The van der Waals surface area contributed by atoms with Gasteiger partial charge in [-0.2, -0.15) is 0 Å². The van der Waals surface area contributed by atoms with Gasteiger partial charge < -0.3 is 14.5 Å². The highest BCUT2D eigenvalue weighted by Crippen LogP contribution is 2.31. The largest absolute Gasteiger partial charge is 0.381 e. The Bertz CT molecular complexity index is 460. The van der Waals surface area contributed by atoms with Crippen LogP contribution in [0.4, 0.5) is 0 Å². The Morgan fingerprint density at radius 3 is 2.55 bits per heavy atom. The second-order valence-electron chi connectivity index (χ2n) is 7.01. The molecule has 0 spiro atoms. The van der Waals surface area contributed by atoms with E-state index < -0.39 is 0 Å². The van der Waals surface area contributed by atoms with Crippen molar-refractivity contribution < 1.29 is 14.3 Å². The van der Waals surface area contributed by atoms with Crippen molar-refractivity contribution in [3.05, 3.63) is 0 Å². The van der Waals surface area contributed by atoms with Gasteiger partial charge in [0.2, 0.25) is 11.8 Å². The van der Waals surface area contributed by atoms with Crippen molar-refractivity contribution in [1.29, 1.82) is 0 Å². The van der Waals surface area contributed by atoms with E-state index in [-0.39, 0.29) is 24.4 Å². The van der Waals surface area contributed by atoms with E-state index >= 15 is 0 Å². The molecule has 3 saturated heterocycles. The van der Waals surface area contributed by atoms with Crippen LogP contribution in [0.15, 0.2) is 0 Å². The number of likely N-dealkylation sites (tertiary alicyclic amines) is 1. The molecule has 0 radical (unpaired) electrons. The number of carbonyl (C=O) groups is 2. The number of nitrogens with zero attached hydrogens (tertiary/aromatic N) is 3. The number of ether oxygens (including phenoxy) is 1. The normalized spacial score (nSPS) is 31.3. The van der Waals surface area contributed by atoms with Crippen LogP contribution in [0.1, 0.15) is 38.5 Å². The zero-order valence-corrected chi connectivity index (χ0v) is 13.1. The van der Waals surface area contributed by atoms with Crippen LogP contribution in [0, 0.1) is 0 Å². The molecule has 6 heteroatoms. The summed E-state index contributed by atoms with van der Waals surface area (Å²) < 4.78 is 5.44. The highest BCUT2D eigenvalue weighted by Gasteiger charge is 2.44. The fourth-order valence-corrected chi connectivity index (χ4v) is 4.14. The summed E-state index contributed by atoms with van der Waals surface area (Å²) in [6, 6.07) is 0.860. The number of hydrogen-bond donors (Lipinski definition) is 0. The molecule has 4 aliphatic rings. The van der Waals surface area contributed by atoms with Gasteiger partial charge in [0.1, 0.15) is 6.54 Å². The Morgan fingerprint density at radius 1 is 1.05 bits per heavy atom. The molecule has 2 amide bonds. The lowest BCUT2D eigenvalue weighted by molar-refractivity contribution is -0.137. The lowest BCUT2D eigenvalue weighted by Gasteiger charge is -2.36. The van der Waals surface area contributed by atoms with E-state index in [4.69, 9.17) is 4.74 Å². The topological polar surface area (TPSA) is 53.1 Å². The van der Waals surface area contributed by atoms with Crippen LogP contribution in [0.2, 0.25) is 0 Å². The van der Waals surface area contributed by atoms with Crippen molar-refractivity contribution in [2.45, 2.75) is 56.7 Å². The van der Waals surface area contributed by atoms with E-state index in [0.717, 1.165) is 58.3 Å². The standard InChI is InChI=1S/C16H25N3O3/c20-15-10-17(11-19(15)12-3-4-12)16(21)14-2-1-7-18(14)13-5-8-22-9-6-13/h12-14H,1-11H2. The molecular weight excluding hydrogens is 282 g/mol. The van der Waals surface area contributed by atoms with Gasteiger partial charge >= 0.3 is 0 Å². The van der Waals surface area contributed by atoms with Crippen molar-refractivity contribution in [2.75, 3.05) is 33.0 Å². The first-order valence-corrected chi connectivity index (χ1v) is 8.66. The molecule has 1 atom stereocenters. The van der Waals surface area contributed by atoms with Crippen molar-refractivity contribution in [2.24, 2.45) is 0 Å². The number of hydrogen-bond acceptors (Lipinski definition) is 4. The number of carbonyl (C=O) groups excluding carboxylic acids is 2. The first-order chi connectivity index (χ1) is 10.7. The average Bonchev–Trinajstić information content (AvgIpc) is 3.13. The SMILES string of the molecule is O=C(C1CCCN1C1CCOCC1)N1CC(=O)N(C2CC2)C1. The van der Waals surface area contributed by atoms with E-state index in [1.165, 1.54) is 0 Å². The van der Waals surface area contributed by atoms with Crippen molar-refractivity contribution in [3.8, 4) is 0 Å². The molecule has 22 heavy (non-hydrogen) atoms. The first-order valence-electron chi connectivity index (χ1n) is 8.66. The third-order valence-corrected chi connectivity index (χ3v) is 5.51. The molecule has 4 fully saturated rings. The van der Waals surface area contributed by atoms with E-state index in [2.05, 4.69) is 4.90 Å². The predicted octanol–water partition coefficient (Wildman–Crippen LogP) is 0.421.